The molecule has 1 rings (SSSR count). The predicted molar refractivity (Wildman–Crippen MR) is 57.9 cm³/mol. The first-order valence-corrected chi connectivity index (χ1v) is 5.14. The molecule has 15 heavy (non-hydrogen) atoms. The molecule has 0 aliphatic heterocycles. The zero-order chi connectivity index (χ0) is 11.3. The van der Waals surface area contributed by atoms with Crippen molar-refractivity contribution in [3.8, 4) is 0 Å². The monoisotopic (exact) mass is 210 g/mol. The van der Waals surface area contributed by atoms with E-state index in [0.717, 1.165) is 18.4 Å². The van der Waals surface area contributed by atoms with Gasteiger partial charge in [0.1, 0.15) is 0 Å². The van der Waals surface area contributed by atoms with Gasteiger partial charge in [-0.05, 0) is 6.42 Å². The van der Waals surface area contributed by atoms with Gasteiger partial charge in [-0.25, -0.2) is 0 Å². The number of carbonyl (C=O) groups excluding carboxylic acids is 1. The topological polar surface area (TPSA) is 72.9 Å². The fourth-order valence-corrected chi connectivity index (χ4v) is 1.33. The molecule has 1 heterocycles. The summed E-state index contributed by atoms with van der Waals surface area (Å²) < 4.78 is 1.70. The molecule has 1 amide bonds. The van der Waals surface area contributed by atoms with Gasteiger partial charge in [-0.3, -0.25) is 9.48 Å². The standard InChI is InChI=1S/C10H18N4O/c1-3-4-9(11)10(15)12-5-8-6-13-14(2)7-8/h6-7,9H,3-5,11H2,1-2H3,(H,12,15)/t9-/m0/s1. The molecule has 1 aromatic heterocycles. The molecule has 0 radical (unpaired) electrons. The van der Waals surface area contributed by atoms with E-state index in [1.54, 1.807) is 10.9 Å². The quantitative estimate of drug-likeness (QED) is 0.727. The highest BCUT2D eigenvalue weighted by molar-refractivity contribution is 5.81. The SMILES string of the molecule is CCC[C@H](N)C(=O)NCc1cnn(C)c1. The second kappa shape index (κ2) is 5.50. The first kappa shape index (κ1) is 11.7. The molecular weight excluding hydrogens is 192 g/mol. The van der Waals surface area contributed by atoms with Crippen LogP contribution in [0, 0.1) is 0 Å². The Bertz CT molecular complexity index is 321. The Morgan fingerprint density at radius 2 is 2.47 bits per heavy atom. The molecule has 0 fully saturated rings. The average Bonchev–Trinajstić information content (AvgIpc) is 2.61. The molecule has 0 saturated carbocycles. The Hall–Kier alpha value is -1.36. The van der Waals surface area contributed by atoms with Gasteiger partial charge < -0.3 is 11.1 Å². The van der Waals surface area contributed by atoms with Crippen molar-refractivity contribution in [3.63, 3.8) is 0 Å². The number of amides is 1. The smallest absolute Gasteiger partial charge is 0.237 e. The zero-order valence-corrected chi connectivity index (χ0v) is 9.23. The maximum Gasteiger partial charge on any atom is 0.237 e. The summed E-state index contributed by atoms with van der Waals surface area (Å²) in [7, 11) is 1.84. The van der Waals surface area contributed by atoms with E-state index in [2.05, 4.69) is 10.4 Å². The Balaban J connectivity index is 2.34. The summed E-state index contributed by atoms with van der Waals surface area (Å²) in [5, 5.41) is 6.79. The fraction of sp³-hybridized carbons (Fsp3) is 0.600. The van der Waals surface area contributed by atoms with Gasteiger partial charge >= 0.3 is 0 Å². The van der Waals surface area contributed by atoms with Gasteiger partial charge in [-0.15, -0.1) is 0 Å². The Labute approximate surface area is 89.6 Å². The van der Waals surface area contributed by atoms with Crippen molar-refractivity contribution in [3.05, 3.63) is 18.0 Å². The van der Waals surface area contributed by atoms with E-state index >= 15 is 0 Å². The van der Waals surface area contributed by atoms with Gasteiger partial charge in [-0.1, -0.05) is 13.3 Å². The summed E-state index contributed by atoms with van der Waals surface area (Å²) in [6.45, 7) is 2.50. The van der Waals surface area contributed by atoms with Crippen LogP contribution in [0.15, 0.2) is 12.4 Å². The normalized spacial score (nSPS) is 12.5. The van der Waals surface area contributed by atoms with Crippen molar-refractivity contribution in [1.29, 1.82) is 0 Å². The van der Waals surface area contributed by atoms with Crippen molar-refractivity contribution in [2.75, 3.05) is 0 Å². The summed E-state index contributed by atoms with van der Waals surface area (Å²) in [5.41, 5.74) is 6.65. The molecule has 0 aliphatic rings. The number of rotatable bonds is 5. The maximum absolute atomic E-state index is 11.4. The zero-order valence-electron chi connectivity index (χ0n) is 9.23. The molecular formula is C10H18N4O. The first-order chi connectivity index (χ1) is 7.13. The first-order valence-electron chi connectivity index (χ1n) is 5.14. The van der Waals surface area contributed by atoms with Crippen LogP contribution in [-0.4, -0.2) is 21.7 Å². The minimum Gasteiger partial charge on any atom is -0.351 e. The van der Waals surface area contributed by atoms with Crippen molar-refractivity contribution in [2.24, 2.45) is 12.8 Å². The molecule has 0 unspecified atom stereocenters. The number of nitrogens with two attached hydrogens (primary N) is 1. The number of hydrogen-bond acceptors (Lipinski definition) is 3. The third kappa shape index (κ3) is 3.71. The second-order valence-electron chi connectivity index (χ2n) is 3.64. The largest absolute Gasteiger partial charge is 0.351 e. The van der Waals surface area contributed by atoms with Crippen LogP contribution >= 0.6 is 0 Å². The number of carbonyl (C=O) groups is 1. The van der Waals surface area contributed by atoms with Crippen LogP contribution in [0.3, 0.4) is 0 Å². The van der Waals surface area contributed by atoms with Crippen molar-refractivity contribution < 1.29 is 4.79 Å². The highest BCUT2D eigenvalue weighted by Gasteiger charge is 2.11. The molecule has 0 bridgehead atoms. The second-order valence-corrected chi connectivity index (χ2v) is 3.64. The number of nitrogens with one attached hydrogen (secondary N) is 1. The molecule has 3 N–H and O–H groups in total. The highest BCUT2D eigenvalue weighted by Crippen LogP contribution is 1.97. The van der Waals surface area contributed by atoms with Crippen LogP contribution in [0.5, 0.6) is 0 Å². The summed E-state index contributed by atoms with van der Waals surface area (Å²) in [6, 6.07) is -0.397. The van der Waals surface area contributed by atoms with Gasteiger partial charge in [0.15, 0.2) is 0 Å². The van der Waals surface area contributed by atoms with Crippen molar-refractivity contribution >= 4 is 5.91 Å². The van der Waals surface area contributed by atoms with Crippen LogP contribution in [0.25, 0.3) is 0 Å². The van der Waals surface area contributed by atoms with E-state index < -0.39 is 6.04 Å². The van der Waals surface area contributed by atoms with E-state index in [4.69, 9.17) is 5.73 Å². The Morgan fingerprint density at radius 3 is 3.00 bits per heavy atom. The molecule has 5 heteroatoms. The van der Waals surface area contributed by atoms with E-state index in [1.165, 1.54) is 0 Å². The number of hydrogen-bond donors (Lipinski definition) is 2. The van der Waals surface area contributed by atoms with Crippen molar-refractivity contribution in [2.45, 2.75) is 32.4 Å². The van der Waals surface area contributed by atoms with E-state index in [9.17, 15) is 4.79 Å². The summed E-state index contributed by atoms with van der Waals surface area (Å²) >= 11 is 0. The third-order valence-electron chi connectivity index (χ3n) is 2.16. The minimum atomic E-state index is -0.397. The van der Waals surface area contributed by atoms with Crippen LogP contribution < -0.4 is 11.1 Å². The Morgan fingerprint density at radius 1 is 1.73 bits per heavy atom. The van der Waals surface area contributed by atoms with Crippen LogP contribution in [0.4, 0.5) is 0 Å². The summed E-state index contributed by atoms with van der Waals surface area (Å²) in [5.74, 6) is -0.0966. The molecule has 5 nitrogen and oxygen atoms in total. The van der Waals surface area contributed by atoms with E-state index in [1.807, 2.05) is 20.2 Å². The molecule has 84 valence electrons. The van der Waals surface area contributed by atoms with Crippen LogP contribution in [0.1, 0.15) is 25.3 Å². The lowest BCUT2D eigenvalue weighted by Gasteiger charge is -2.09. The van der Waals surface area contributed by atoms with Gasteiger partial charge in [-0.2, -0.15) is 5.10 Å². The number of aromatic nitrogens is 2. The number of nitrogens with zero attached hydrogens (tertiary/aromatic N) is 2. The van der Waals surface area contributed by atoms with E-state index in [0.29, 0.717) is 6.54 Å². The summed E-state index contributed by atoms with van der Waals surface area (Å²) in [4.78, 5) is 11.4. The summed E-state index contributed by atoms with van der Waals surface area (Å²) in [6.07, 6.45) is 5.23. The van der Waals surface area contributed by atoms with Gasteiger partial charge in [0.05, 0.1) is 12.2 Å². The van der Waals surface area contributed by atoms with Crippen LogP contribution in [-0.2, 0) is 18.4 Å². The lowest BCUT2D eigenvalue weighted by Crippen LogP contribution is -2.39. The maximum atomic E-state index is 11.4. The number of aryl methyl sites for hydroxylation is 1. The van der Waals surface area contributed by atoms with Crippen molar-refractivity contribution in [1.82, 2.24) is 15.1 Å². The molecule has 1 aromatic rings. The third-order valence-corrected chi connectivity index (χ3v) is 2.16. The molecule has 0 saturated heterocycles. The predicted octanol–water partition coefficient (Wildman–Crippen LogP) is 0.164. The fourth-order valence-electron chi connectivity index (χ4n) is 1.33. The van der Waals surface area contributed by atoms with Gasteiger partial charge in [0, 0.05) is 25.4 Å². The Kier molecular flexibility index (Phi) is 4.30. The minimum absolute atomic E-state index is 0.0966. The lowest BCUT2D eigenvalue weighted by molar-refractivity contribution is -0.122. The van der Waals surface area contributed by atoms with Crippen LogP contribution in [0.2, 0.25) is 0 Å². The van der Waals surface area contributed by atoms with Gasteiger partial charge in [0.25, 0.3) is 0 Å². The molecule has 0 aromatic carbocycles. The molecule has 0 aliphatic carbocycles. The van der Waals surface area contributed by atoms with E-state index in [-0.39, 0.29) is 5.91 Å². The average molecular weight is 210 g/mol. The van der Waals surface area contributed by atoms with Gasteiger partial charge in [0.2, 0.25) is 5.91 Å². The lowest BCUT2D eigenvalue weighted by atomic mass is 10.1. The molecule has 0 spiro atoms. The molecule has 1 atom stereocenters. The highest BCUT2D eigenvalue weighted by atomic mass is 16.2.